The van der Waals surface area contributed by atoms with Gasteiger partial charge >= 0.3 is 0 Å². The van der Waals surface area contributed by atoms with Crippen molar-refractivity contribution in [1.29, 1.82) is 0 Å². The molecule has 18 heteroatoms. The number of nitrogens with zero attached hydrogens (tertiary/aromatic N) is 5. The number of aromatic amines is 1. The number of amides is 1. The summed E-state index contributed by atoms with van der Waals surface area (Å²) in [6, 6.07) is 9.20. The monoisotopic (exact) mass is 745 g/mol. The summed E-state index contributed by atoms with van der Waals surface area (Å²) >= 11 is 0. The minimum absolute atomic E-state index is 0.0275. The van der Waals surface area contributed by atoms with Crippen LogP contribution in [-0.4, -0.2) is 69.9 Å². The maximum Gasteiger partial charge on any atom is 0.293 e. The van der Waals surface area contributed by atoms with Gasteiger partial charge in [0.1, 0.15) is 35.1 Å². The molecule has 8 rings (SSSR count). The highest BCUT2D eigenvalue weighted by Crippen LogP contribution is 2.68. The number of hydrogen-bond donors (Lipinski definition) is 2. The van der Waals surface area contributed by atoms with Gasteiger partial charge in [-0.1, -0.05) is 12.1 Å². The van der Waals surface area contributed by atoms with E-state index in [4.69, 9.17) is 9.72 Å². The Hall–Kier alpha value is -4.81. The highest BCUT2D eigenvalue weighted by atomic mass is 32.2. The molecule has 1 saturated carbocycles. The molecule has 272 valence electrons. The van der Waals surface area contributed by atoms with E-state index >= 15 is 8.78 Å². The smallest absolute Gasteiger partial charge is 0.293 e. The van der Waals surface area contributed by atoms with E-state index in [0.29, 0.717) is 32.9 Å². The Bertz CT molecular complexity index is 2290. The quantitative estimate of drug-likeness (QED) is 0.184. The number of rotatable bonds is 10. The van der Waals surface area contributed by atoms with E-state index < -0.39 is 75.7 Å². The van der Waals surface area contributed by atoms with Crippen LogP contribution < -0.4 is 5.32 Å². The number of nitrogens with one attached hydrogen (secondary N) is 2. The van der Waals surface area contributed by atoms with Crippen LogP contribution in [0.25, 0.3) is 22.2 Å². The first kappa shape index (κ1) is 34.3. The Morgan fingerprint density at radius 3 is 2.44 bits per heavy atom. The van der Waals surface area contributed by atoms with E-state index in [0.717, 1.165) is 12.1 Å². The number of halogens is 6. The zero-order valence-electron chi connectivity index (χ0n) is 27.0. The third-order valence-electron chi connectivity index (χ3n) is 9.71. The molecule has 1 aliphatic heterocycles. The number of carbonyl (C=O) groups is 1. The minimum Gasteiger partial charge on any atom is -0.379 e. The van der Waals surface area contributed by atoms with Crippen LogP contribution in [0.15, 0.2) is 59.6 Å². The van der Waals surface area contributed by atoms with Gasteiger partial charge in [0.25, 0.3) is 12.3 Å². The average Bonchev–Trinajstić information content (AvgIpc) is 3.52. The number of benzene rings is 2. The summed E-state index contributed by atoms with van der Waals surface area (Å²) in [6.07, 6.45) is -1.91. The Morgan fingerprint density at radius 2 is 1.75 bits per heavy atom. The number of morpholine rings is 1. The van der Waals surface area contributed by atoms with Gasteiger partial charge in [-0.3, -0.25) is 14.6 Å². The van der Waals surface area contributed by atoms with Crippen molar-refractivity contribution in [3.63, 3.8) is 0 Å². The van der Waals surface area contributed by atoms with Crippen LogP contribution in [0.3, 0.4) is 0 Å². The third-order valence-corrected chi connectivity index (χ3v) is 11.6. The minimum atomic E-state index is -3.84. The Morgan fingerprint density at radius 1 is 1.04 bits per heavy atom. The first-order valence-corrected chi connectivity index (χ1v) is 17.8. The van der Waals surface area contributed by atoms with E-state index in [9.17, 15) is 30.8 Å². The molecule has 3 aromatic heterocycles. The van der Waals surface area contributed by atoms with Gasteiger partial charge < -0.3 is 10.1 Å². The summed E-state index contributed by atoms with van der Waals surface area (Å²) in [5.41, 5.74) is 0.205. The Balaban J connectivity index is 1.17. The summed E-state index contributed by atoms with van der Waals surface area (Å²) in [7, 11) is -3.84. The first-order chi connectivity index (χ1) is 24.8. The molecule has 0 bridgehead atoms. The third kappa shape index (κ3) is 6.01. The van der Waals surface area contributed by atoms with Crippen molar-refractivity contribution in [2.24, 2.45) is 5.92 Å². The van der Waals surface area contributed by atoms with Crippen molar-refractivity contribution in [3.05, 3.63) is 94.6 Å². The molecule has 2 N–H and O–H groups in total. The van der Waals surface area contributed by atoms with Crippen molar-refractivity contribution in [2.75, 3.05) is 26.3 Å². The van der Waals surface area contributed by atoms with Crippen molar-refractivity contribution in [2.45, 2.75) is 48.6 Å². The fraction of sp³-hybridized carbons (Fsp3) is 0.353. The van der Waals surface area contributed by atoms with Gasteiger partial charge in [0.15, 0.2) is 0 Å². The fourth-order valence-electron chi connectivity index (χ4n) is 7.27. The van der Waals surface area contributed by atoms with Gasteiger partial charge in [-0.15, -0.1) is 0 Å². The van der Waals surface area contributed by atoms with Crippen LogP contribution in [0.1, 0.15) is 53.0 Å². The topological polar surface area (TPSA) is 135 Å². The number of fused-ring (bicyclic) bond motifs is 4. The largest absolute Gasteiger partial charge is 0.379 e. The normalized spacial score (nSPS) is 20.2. The van der Waals surface area contributed by atoms with Crippen molar-refractivity contribution in [3.8, 4) is 11.1 Å². The summed E-state index contributed by atoms with van der Waals surface area (Å²) in [5, 5.41) is 13.3. The van der Waals surface area contributed by atoms with Gasteiger partial charge in [-0.05, 0) is 60.2 Å². The van der Waals surface area contributed by atoms with E-state index in [1.807, 2.05) is 0 Å². The summed E-state index contributed by atoms with van der Waals surface area (Å²) < 4.78 is 121. The van der Waals surface area contributed by atoms with Crippen LogP contribution in [0, 0.1) is 17.6 Å². The lowest BCUT2D eigenvalue weighted by atomic mass is 9.95. The fourth-order valence-corrected chi connectivity index (χ4v) is 8.67. The lowest BCUT2D eigenvalue weighted by molar-refractivity contribution is -0.123. The highest BCUT2D eigenvalue weighted by Gasteiger charge is 2.67. The summed E-state index contributed by atoms with van der Waals surface area (Å²) in [6.45, 7) is 0.0627. The predicted molar refractivity (Wildman–Crippen MR) is 172 cm³/mol. The molecule has 11 nitrogen and oxygen atoms in total. The molecule has 2 aliphatic carbocycles. The molecule has 3 atom stereocenters. The number of ether oxygens (including phenoxy) is 1. The summed E-state index contributed by atoms with van der Waals surface area (Å²) in [5.74, 6) is -8.03. The summed E-state index contributed by atoms with van der Waals surface area (Å²) in [4.78, 5) is 18.4. The number of hydrogen-bond acceptors (Lipinski definition) is 7. The van der Waals surface area contributed by atoms with Crippen LogP contribution in [0.5, 0.6) is 0 Å². The zero-order valence-corrected chi connectivity index (χ0v) is 27.8. The second-order valence-corrected chi connectivity index (χ2v) is 15.0. The van der Waals surface area contributed by atoms with Crippen LogP contribution in [0.4, 0.5) is 26.3 Å². The molecule has 2 aromatic carbocycles. The van der Waals surface area contributed by atoms with Crippen LogP contribution in [-0.2, 0) is 38.4 Å². The SMILES string of the molecule is O=C(Cn1nc(C(F)F)c2c1C(F)(F)[C@@H]1C[C@H]21)NC(Cc1cc(F)cc(F)c1)c1nc2cn[nH]c2cc1-c1ccc(S(=O)(=O)N2CCOCC2)cc1. The standard InChI is InChI=1S/C34H29F6N7O4S/c35-19-9-17(10-20(36)12-19)11-26(42-28(48)16-47-32-29(31(45-47)33(37)38)23-13-24(23)34(32,39)40)30-22(14-25-27(43-30)15-41-44-25)18-1-3-21(4-2-18)52(49,50)46-5-7-51-8-6-46/h1-4,9-10,12,14-15,23-24,26,33H,5-8,11,13,16H2,(H,41,44)(H,42,48)/t23-,24+,26?/m0/s1. The van der Waals surface area contributed by atoms with E-state index in [1.54, 1.807) is 18.2 Å². The number of aromatic nitrogens is 5. The number of H-pyrrole nitrogens is 1. The molecular formula is C34H29F6N7O4S. The molecule has 3 aliphatic rings. The van der Waals surface area contributed by atoms with Gasteiger partial charge in [0.2, 0.25) is 15.9 Å². The predicted octanol–water partition coefficient (Wildman–Crippen LogP) is 5.37. The van der Waals surface area contributed by atoms with Crippen molar-refractivity contribution in [1.82, 2.24) is 34.6 Å². The van der Waals surface area contributed by atoms with Crippen molar-refractivity contribution < 1.29 is 44.3 Å². The Kier molecular flexibility index (Phi) is 8.37. The van der Waals surface area contributed by atoms with E-state index in [-0.39, 0.29) is 60.9 Å². The molecule has 0 radical (unpaired) electrons. The molecule has 1 unspecified atom stereocenters. The maximum absolute atomic E-state index is 15.2. The van der Waals surface area contributed by atoms with Crippen LogP contribution in [0.2, 0.25) is 0 Å². The lowest BCUT2D eigenvalue weighted by Gasteiger charge is -2.26. The molecule has 52 heavy (non-hydrogen) atoms. The van der Waals surface area contributed by atoms with E-state index in [1.165, 1.54) is 22.6 Å². The molecule has 0 spiro atoms. The van der Waals surface area contributed by atoms with Crippen molar-refractivity contribution >= 4 is 27.0 Å². The molecule has 4 heterocycles. The average molecular weight is 746 g/mol. The molecule has 5 aromatic rings. The number of alkyl halides is 4. The lowest BCUT2D eigenvalue weighted by Crippen LogP contribution is -2.40. The maximum atomic E-state index is 15.2. The van der Waals surface area contributed by atoms with E-state index in [2.05, 4.69) is 20.6 Å². The number of carbonyl (C=O) groups excluding carboxylic acids is 1. The number of pyridine rings is 1. The Labute approximate surface area is 292 Å². The highest BCUT2D eigenvalue weighted by molar-refractivity contribution is 7.89. The first-order valence-electron chi connectivity index (χ1n) is 16.3. The number of sulfonamides is 1. The van der Waals surface area contributed by atoms with Gasteiger partial charge in [0.05, 0.1) is 41.6 Å². The molecule has 1 saturated heterocycles. The van der Waals surface area contributed by atoms with Gasteiger partial charge in [-0.25, -0.2) is 31.0 Å². The second-order valence-electron chi connectivity index (χ2n) is 13.0. The van der Waals surface area contributed by atoms with Crippen LogP contribution >= 0.6 is 0 Å². The van der Waals surface area contributed by atoms with Gasteiger partial charge in [0, 0.05) is 36.2 Å². The molecular weight excluding hydrogens is 716 g/mol. The second kappa shape index (κ2) is 12.7. The molecule has 2 fully saturated rings. The molecule has 1 amide bonds. The van der Waals surface area contributed by atoms with Gasteiger partial charge in [-0.2, -0.15) is 23.3 Å². The zero-order chi connectivity index (χ0) is 36.5.